The maximum absolute atomic E-state index is 2.50. The Morgan fingerprint density at radius 1 is 0.328 bits per heavy atom. The minimum atomic E-state index is -0.0368. The zero-order chi connectivity index (χ0) is 40.9. The van der Waals surface area contributed by atoms with Gasteiger partial charge in [0.2, 0.25) is 0 Å². The molecular formula is C56H56N2. The Morgan fingerprint density at radius 3 is 1.14 bits per heavy atom. The molecule has 0 atom stereocenters. The minimum Gasteiger partial charge on any atom is -0.310 e. The van der Waals surface area contributed by atoms with E-state index in [2.05, 4.69) is 237 Å². The Hall–Kier alpha value is -6.12. The van der Waals surface area contributed by atoms with Crippen molar-refractivity contribution >= 4 is 55.7 Å². The molecule has 0 amide bonds. The Labute approximate surface area is 346 Å². The maximum atomic E-state index is 2.50. The molecule has 0 aliphatic heterocycles. The van der Waals surface area contributed by atoms with E-state index in [1.54, 1.807) is 0 Å². The van der Waals surface area contributed by atoms with Crippen LogP contribution in [-0.2, 0) is 10.8 Å². The lowest BCUT2D eigenvalue weighted by Crippen LogP contribution is -2.14. The molecule has 0 radical (unpaired) electrons. The number of hydrogen-bond donors (Lipinski definition) is 0. The van der Waals surface area contributed by atoms with E-state index in [0.29, 0.717) is 0 Å². The maximum Gasteiger partial charge on any atom is 0.0618 e. The van der Waals surface area contributed by atoms with Crippen molar-refractivity contribution in [1.29, 1.82) is 0 Å². The van der Waals surface area contributed by atoms with E-state index >= 15 is 0 Å². The fourth-order valence-corrected chi connectivity index (χ4v) is 8.39. The first kappa shape index (κ1) is 38.7. The summed E-state index contributed by atoms with van der Waals surface area (Å²) in [6, 6.07) is 59.2. The van der Waals surface area contributed by atoms with Crippen LogP contribution in [0.2, 0.25) is 0 Å². The summed E-state index contributed by atoms with van der Waals surface area (Å²) >= 11 is 0. The van der Waals surface area contributed by atoms with Crippen LogP contribution in [0.1, 0.15) is 74.9 Å². The van der Waals surface area contributed by atoms with Crippen molar-refractivity contribution in [2.24, 2.45) is 0 Å². The molecule has 2 nitrogen and oxygen atoms in total. The second-order valence-electron chi connectivity index (χ2n) is 18.3. The van der Waals surface area contributed by atoms with Crippen LogP contribution in [0.25, 0.3) is 32.7 Å². The lowest BCUT2D eigenvalue weighted by molar-refractivity contribution is 0.590. The van der Waals surface area contributed by atoms with Gasteiger partial charge in [0.05, 0.1) is 5.69 Å². The first-order chi connectivity index (χ1) is 27.7. The highest BCUT2D eigenvalue weighted by atomic mass is 15.1. The first-order valence-corrected chi connectivity index (χ1v) is 20.7. The van der Waals surface area contributed by atoms with Crippen LogP contribution in [0, 0.1) is 27.7 Å². The standard InChI is InChI=1S/C56H56N2/c1-37-15-11-19-45(31-37)57(46-20-12-16-38(2)32-46)44-27-23-41(24-28-44)53-49-29-25-43(56(8,9)10)36-52(49)54(50-30-26-42(35-51(50)53)55(5,6)7)58(47-21-13-17-39(3)33-47)48-22-14-18-40(4)34-48/h11-36H,1-10H3. The summed E-state index contributed by atoms with van der Waals surface area (Å²) < 4.78 is 0. The van der Waals surface area contributed by atoms with Gasteiger partial charge in [-0.05, 0) is 167 Å². The van der Waals surface area contributed by atoms with E-state index in [-0.39, 0.29) is 10.8 Å². The molecule has 0 aromatic heterocycles. The molecule has 8 aromatic carbocycles. The van der Waals surface area contributed by atoms with Crippen molar-refractivity contribution in [3.63, 3.8) is 0 Å². The molecule has 2 heteroatoms. The largest absolute Gasteiger partial charge is 0.310 e. The van der Waals surface area contributed by atoms with E-state index in [1.807, 2.05) is 0 Å². The van der Waals surface area contributed by atoms with Crippen molar-refractivity contribution < 1.29 is 0 Å². The Bertz CT molecular complexity index is 2700. The van der Waals surface area contributed by atoms with Gasteiger partial charge in [0.1, 0.15) is 0 Å². The van der Waals surface area contributed by atoms with Gasteiger partial charge >= 0.3 is 0 Å². The molecule has 0 saturated heterocycles. The van der Waals surface area contributed by atoms with Gasteiger partial charge < -0.3 is 9.80 Å². The summed E-state index contributed by atoms with van der Waals surface area (Å²) in [5, 5.41) is 4.97. The van der Waals surface area contributed by atoms with Crippen molar-refractivity contribution in [1.82, 2.24) is 0 Å². The van der Waals surface area contributed by atoms with Crippen molar-refractivity contribution in [3.05, 3.63) is 191 Å². The van der Waals surface area contributed by atoms with Gasteiger partial charge in [0.25, 0.3) is 0 Å². The molecule has 0 heterocycles. The summed E-state index contributed by atoms with van der Waals surface area (Å²) in [6.45, 7) is 22.6. The molecule has 8 aromatic rings. The lowest BCUT2D eigenvalue weighted by atomic mass is 9.81. The summed E-state index contributed by atoms with van der Waals surface area (Å²) in [4.78, 5) is 4.88. The number of aryl methyl sites for hydroxylation is 4. The fourth-order valence-electron chi connectivity index (χ4n) is 8.39. The summed E-state index contributed by atoms with van der Waals surface area (Å²) in [5.41, 5.74) is 16.9. The third-order valence-corrected chi connectivity index (χ3v) is 11.5. The summed E-state index contributed by atoms with van der Waals surface area (Å²) in [6.07, 6.45) is 0. The highest BCUT2D eigenvalue weighted by molar-refractivity contribution is 6.22. The number of benzene rings is 8. The zero-order valence-corrected chi connectivity index (χ0v) is 35.9. The molecule has 0 spiro atoms. The number of nitrogens with zero attached hydrogens (tertiary/aromatic N) is 2. The lowest BCUT2D eigenvalue weighted by Gasteiger charge is -2.31. The molecule has 0 bridgehead atoms. The predicted octanol–water partition coefficient (Wildman–Crippen LogP) is 16.4. The highest BCUT2D eigenvalue weighted by Crippen LogP contribution is 2.50. The van der Waals surface area contributed by atoms with Crippen molar-refractivity contribution in [2.45, 2.75) is 80.1 Å². The van der Waals surface area contributed by atoms with Gasteiger partial charge in [-0.25, -0.2) is 0 Å². The number of anilines is 6. The molecule has 58 heavy (non-hydrogen) atoms. The van der Waals surface area contributed by atoms with Crippen LogP contribution in [0.3, 0.4) is 0 Å². The molecule has 0 aliphatic rings. The third-order valence-electron chi connectivity index (χ3n) is 11.5. The van der Waals surface area contributed by atoms with Gasteiger partial charge in [0.15, 0.2) is 0 Å². The fraction of sp³-hybridized carbons (Fsp3) is 0.214. The normalized spacial score (nSPS) is 12.0. The number of fused-ring (bicyclic) bond motifs is 2. The van der Waals surface area contributed by atoms with E-state index in [1.165, 1.54) is 71.7 Å². The SMILES string of the molecule is Cc1cccc(N(c2ccc(-c3c4cc(C(C)(C)C)ccc4c(N(c4cccc(C)c4)c4cccc(C)c4)c4cc(C(C)(C)C)ccc34)cc2)c2cccc(C)c2)c1. The summed E-state index contributed by atoms with van der Waals surface area (Å²) in [7, 11) is 0. The predicted molar refractivity (Wildman–Crippen MR) is 253 cm³/mol. The molecule has 8 rings (SSSR count). The molecule has 0 unspecified atom stereocenters. The van der Waals surface area contributed by atoms with Crippen LogP contribution in [0.15, 0.2) is 158 Å². The van der Waals surface area contributed by atoms with Crippen LogP contribution >= 0.6 is 0 Å². The van der Waals surface area contributed by atoms with Gasteiger partial charge in [-0.1, -0.05) is 126 Å². The van der Waals surface area contributed by atoms with E-state index < -0.39 is 0 Å². The average molecular weight is 757 g/mol. The van der Waals surface area contributed by atoms with Crippen LogP contribution < -0.4 is 9.80 Å². The monoisotopic (exact) mass is 756 g/mol. The van der Waals surface area contributed by atoms with Gasteiger partial charge in [0, 0.05) is 39.2 Å². The Morgan fingerprint density at radius 2 is 0.724 bits per heavy atom. The van der Waals surface area contributed by atoms with Gasteiger partial charge in [-0.2, -0.15) is 0 Å². The van der Waals surface area contributed by atoms with E-state index in [4.69, 9.17) is 0 Å². The average Bonchev–Trinajstić information content (AvgIpc) is 3.17. The first-order valence-electron chi connectivity index (χ1n) is 20.7. The Kier molecular flexibility index (Phi) is 10.0. The second kappa shape index (κ2) is 15.0. The summed E-state index contributed by atoms with van der Waals surface area (Å²) in [5.74, 6) is 0. The third kappa shape index (κ3) is 7.52. The zero-order valence-electron chi connectivity index (χ0n) is 35.9. The Balaban J connectivity index is 1.45. The van der Waals surface area contributed by atoms with Crippen LogP contribution in [-0.4, -0.2) is 0 Å². The van der Waals surface area contributed by atoms with Gasteiger partial charge in [-0.15, -0.1) is 0 Å². The number of hydrogen-bond acceptors (Lipinski definition) is 2. The number of rotatable bonds is 7. The minimum absolute atomic E-state index is 0.0323. The van der Waals surface area contributed by atoms with Crippen LogP contribution in [0.4, 0.5) is 34.1 Å². The molecule has 0 aliphatic carbocycles. The molecule has 290 valence electrons. The molecule has 0 N–H and O–H groups in total. The molecule has 0 fully saturated rings. The van der Waals surface area contributed by atoms with Crippen molar-refractivity contribution in [3.8, 4) is 11.1 Å². The highest BCUT2D eigenvalue weighted by Gasteiger charge is 2.26. The van der Waals surface area contributed by atoms with E-state index in [9.17, 15) is 0 Å². The van der Waals surface area contributed by atoms with Crippen molar-refractivity contribution in [2.75, 3.05) is 9.80 Å². The van der Waals surface area contributed by atoms with Gasteiger partial charge in [-0.3, -0.25) is 0 Å². The topological polar surface area (TPSA) is 6.48 Å². The van der Waals surface area contributed by atoms with E-state index in [0.717, 1.165) is 28.4 Å². The smallest absolute Gasteiger partial charge is 0.0618 e. The molecule has 0 saturated carbocycles. The quantitative estimate of drug-likeness (QED) is 0.149. The second-order valence-corrected chi connectivity index (χ2v) is 18.3. The van der Waals surface area contributed by atoms with Crippen LogP contribution in [0.5, 0.6) is 0 Å². The molecular weight excluding hydrogens is 701 g/mol.